The minimum Gasteiger partial charge on any atom is -0.455 e. The summed E-state index contributed by atoms with van der Waals surface area (Å²) in [5.41, 5.74) is 2.34. The zero-order valence-electron chi connectivity index (χ0n) is 13.1. The number of cyclic esters (lactones) is 1. The van der Waals surface area contributed by atoms with Crippen LogP contribution in [0.1, 0.15) is 34.5 Å². The largest absolute Gasteiger partial charge is 0.455 e. The average Bonchev–Trinajstić information content (AvgIpc) is 3.15. The quantitative estimate of drug-likeness (QED) is 0.286. The van der Waals surface area contributed by atoms with E-state index in [0.717, 1.165) is 11.1 Å². The summed E-state index contributed by atoms with van der Waals surface area (Å²) in [5.74, 6) is 0.324. The highest BCUT2D eigenvalue weighted by molar-refractivity contribution is 6.17. The third-order valence-electron chi connectivity index (χ3n) is 4.31. The predicted octanol–water partition coefficient (Wildman–Crippen LogP) is 4.98. The summed E-state index contributed by atoms with van der Waals surface area (Å²) in [7, 11) is 0. The Morgan fingerprint density at radius 3 is 2.60 bits per heavy atom. The van der Waals surface area contributed by atoms with Gasteiger partial charge in [0.25, 0.3) is 5.69 Å². The van der Waals surface area contributed by atoms with Crippen LogP contribution in [0.2, 0.25) is 0 Å². The molecule has 6 nitrogen and oxygen atoms in total. The summed E-state index contributed by atoms with van der Waals surface area (Å²) in [6.07, 6.45) is -0.677. The molecule has 0 spiro atoms. The van der Waals surface area contributed by atoms with Gasteiger partial charge >= 0.3 is 5.97 Å². The van der Waals surface area contributed by atoms with Crippen LogP contribution in [-0.4, -0.2) is 10.9 Å². The molecule has 25 heavy (non-hydrogen) atoms. The first-order chi connectivity index (χ1) is 12.0. The second kappa shape index (κ2) is 5.60. The Labute approximate surface area is 147 Å². The molecule has 7 heteroatoms. The van der Waals surface area contributed by atoms with Gasteiger partial charge in [0.2, 0.25) is 0 Å². The number of nitro groups is 1. The van der Waals surface area contributed by atoms with E-state index in [1.54, 1.807) is 13.0 Å². The molecule has 1 aromatic heterocycles. The Morgan fingerprint density at radius 1 is 1.24 bits per heavy atom. The van der Waals surface area contributed by atoms with Crippen molar-refractivity contribution in [3.8, 4) is 11.3 Å². The molecule has 1 aliphatic heterocycles. The lowest BCUT2D eigenvalue weighted by Gasteiger charge is -2.03. The molecule has 126 valence electrons. The summed E-state index contributed by atoms with van der Waals surface area (Å²) in [6, 6.07) is 10.6. The van der Waals surface area contributed by atoms with E-state index in [-0.39, 0.29) is 16.8 Å². The van der Waals surface area contributed by atoms with Crippen LogP contribution >= 0.6 is 11.6 Å². The third kappa shape index (κ3) is 2.37. The van der Waals surface area contributed by atoms with Crippen molar-refractivity contribution in [2.45, 2.75) is 18.9 Å². The van der Waals surface area contributed by atoms with E-state index in [0.29, 0.717) is 22.6 Å². The summed E-state index contributed by atoms with van der Waals surface area (Å²) in [6.45, 7) is 1.61. The normalized spacial score (nSPS) is 16.1. The maximum Gasteiger partial charge on any atom is 0.343 e. The lowest BCUT2D eigenvalue weighted by atomic mass is 10.0. The molecule has 1 aliphatic rings. The molecular formula is C18H12ClNO5. The number of carbonyl (C=O) groups is 1. The molecule has 0 amide bonds. The fraction of sp³-hybridized carbons (Fsp3) is 0.167. The van der Waals surface area contributed by atoms with E-state index in [2.05, 4.69) is 0 Å². The van der Waals surface area contributed by atoms with E-state index < -0.39 is 17.0 Å². The highest BCUT2D eigenvalue weighted by atomic mass is 35.5. The van der Waals surface area contributed by atoms with Gasteiger partial charge in [0.1, 0.15) is 23.0 Å². The fourth-order valence-electron chi connectivity index (χ4n) is 3.13. The topological polar surface area (TPSA) is 82.6 Å². The predicted molar refractivity (Wildman–Crippen MR) is 91.7 cm³/mol. The highest BCUT2D eigenvalue weighted by Crippen LogP contribution is 2.43. The Morgan fingerprint density at radius 2 is 1.96 bits per heavy atom. The standard InChI is InChI=1S/C18H12ClNO5/c1-9-15-13(20(22)23)6-12-7-14(11-4-2-10(8-19)3-5-11)25-17(12)16(15)18(21)24-9/h2-7,9H,8H2,1H3/t9-/m1/s1. The first kappa shape index (κ1) is 15.7. The van der Waals surface area contributed by atoms with Gasteiger partial charge in [0, 0.05) is 22.9 Å². The van der Waals surface area contributed by atoms with Gasteiger partial charge in [-0.1, -0.05) is 24.3 Å². The van der Waals surface area contributed by atoms with Crippen LogP contribution in [0, 0.1) is 10.1 Å². The molecule has 4 rings (SSSR count). The van der Waals surface area contributed by atoms with Gasteiger partial charge in [-0.05, 0) is 18.6 Å². The van der Waals surface area contributed by atoms with Crippen molar-refractivity contribution in [3.05, 3.63) is 63.2 Å². The molecule has 3 aromatic rings. The van der Waals surface area contributed by atoms with Gasteiger partial charge in [-0.2, -0.15) is 0 Å². The van der Waals surface area contributed by atoms with Crippen LogP contribution in [-0.2, 0) is 10.6 Å². The summed E-state index contributed by atoms with van der Waals surface area (Å²) in [5, 5.41) is 11.9. The lowest BCUT2D eigenvalue weighted by Crippen LogP contribution is -1.98. The number of rotatable bonds is 3. The van der Waals surface area contributed by atoms with Gasteiger partial charge in [0.05, 0.1) is 10.5 Å². The Kier molecular flexibility index (Phi) is 3.51. The first-order valence-electron chi connectivity index (χ1n) is 7.60. The molecule has 1 atom stereocenters. The van der Waals surface area contributed by atoms with E-state index >= 15 is 0 Å². The van der Waals surface area contributed by atoms with Crippen molar-refractivity contribution in [3.63, 3.8) is 0 Å². The molecule has 2 heterocycles. The van der Waals surface area contributed by atoms with E-state index in [9.17, 15) is 14.9 Å². The number of nitrogens with zero attached hydrogens (tertiary/aromatic N) is 1. The van der Waals surface area contributed by atoms with Crippen molar-refractivity contribution in [1.29, 1.82) is 0 Å². The number of halogens is 1. The van der Waals surface area contributed by atoms with E-state index in [4.69, 9.17) is 20.8 Å². The van der Waals surface area contributed by atoms with Gasteiger partial charge in [-0.25, -0.2) is 4.79 Å². The fourth-order valence-corrected chi connectivity index (χ4v) is 3.31. The number of hydrogen-bond donors (Lipinski definition) is 0. The second-order valence-corrected chi connectivity index (χ2v) is 6.12. The molecule has 0 fully saturated rings. The van der Waals surface area contributed by atoms with Gasteiger partial charge in [-0.15, -0.1) is 11.6 Å². The Balaban J connectivity index is 1.95. The van der Waals surface area contributed by atoms with E-state index in [1.165, 1.54) is 6.07 Å². The van der Waals surface area contributed by atoms with Crippen molar-refractivity contribution in [1.82, 2.24) is 0 Å². The second-order valence-electron chi connectivity index (χ2n) is 5.85. The van der Waals surface area contributed by atoms with Gasteiger partial charge in [-0.3, -0.25) is 10.1 Å². The number of nitro benzene ring substituents is 1. The number of benzene rings is 2. The third-order valence-corrected chi connectivity index (χ3v) is 4.62. The molecule has 0 unspecified atom stereocenters. The average molecular weight is 358 g/mol. The van der Waals surface area contributed by atoms with Crippen LogP contribution in [0.25, 0.3) is 22.3 Å². The molecule has 0 saturated heterocycles. The SMILES string of the molecule is C[C@H]1OC(=O)c2c1c([N+](=O)[O-])cc1cc(-c3ccc(CCl)cc3)oc21. The van der Waals surface area contributed by atoms with Crippen molar-refractivity contribution >= 4 is 34.2 Å². The van der Waals surface area contributed by atoms with Gasteiger partial charge in [0.15, 0.2) is 0 Å². The summed E-state index contributed by atoms with van der Waals surface area (Å²) < 4.78 is 11.0. The molecular weight excluding hydrogens is 346 g/mol. The highest BCUT2D eigenvalue weighted by Gasteiger charge is 2.38. The first-order valence-corrected chi connectivity index (χ1v) is 8.14. The minimum atomic E-state index is -0.677. The smallest absolute Gasteiger partial charge is 0.343 e. The number of ether oxygens (including phenoxy) is 1. The number of furan rings is 1. The van der Waals surface area contributed by atoms with Crippen LogP contribution in [0.4, 0.5) is 5.69 Å². The molecule has 2 aromatic carbocycles. The summed E-state index contributed by atoms with van der Waals surface area (Å²) >= 11 is 5.79. The van der Waals surface area contributed by atoms with Gasteiger partial charge < -0.3 is 9.15 Å². The molecule has 0 N–H and O–H groups in total. The van der Waals surface area contributed by atoms with Crippen molar-refractivity contribution < 1.29 is 18.9 Å². The van der Waals surface area contributed by atoms with Crippen LogP contribution < -0.4 is 0 Å². The van der Waals surface area contributed by atoms with Crippen LogP contribution in [0.3, 0.4) is 0 Å². The Bertz CT molecular complexity index is 1020. The zero-order chi connectivity index (χ0) is 17.7. The van der Waals surface area contributed by atoms with Crippen LogP contribution in [0.15, 0.2) is 40.8 Å². The zero-order valence-corrected chi connectivity index (χ0v) is 13.9. The molecule has 0 aliphatic carbocycles. The van der Waals surface area contributed by atoms with Crippen molar-refractivity contribution in [2.75, 3.05) is 0 Å². The minimum absolute atomic E-state index is 0.134. The maximum atomic E-state index is 12.2. The summed E-state index contributed by atoms with van der Waals surface area (Å²) in [4.78, 5) is 23.1. The van der Waals surface area contributed by atoms with Crippen molar-refractivity contribution in [2.24, 2.45) is 0 Å². The monoisotopic (exact) mass is 357 g/mol. The Hall–Kier alpha value is -2.86. The lowest BCUT2D eigenvalue weighted by molar-refractivity contribution is -0.385. The molecule has 0 saturated carbocycles. The molecule has 0 radical (unpaired) electrons. The van der Waals surface area contributed by atoms with Crippen LogP contribution in [0.5, 0.6) is 0 Å². The number of alkyl halides is 1. The maximum absolute atomic E-state index is 12.2. The number of carbonyl (C=O) groups excluding carboxylic acids is 1. The number of esters is 1. The number of fused-ring (bicyclic) bond motifs is 3. The van der Waals surface area contributed by atoms with E-state index in [1.807, 2.05) is 24.3 Å². The number of hydrogen-bond acceptors (Lipinski definition) is 5. The molecule has 0 bridgehead atoms.